The summed E-state index contributed by atoms with van der Waals surface area (Å²) in [4.78, 5) is 0. The Hall–Kier alpha value is 4.57. The van der Waals surface area contributed by atoms with E-state index in [1.54, 1.807) is 0 Å². The predicted octanol–water partition coefficient (Wildman–Crippen LogP) is 8.77. The van der Waals surface area contributed by atoms with E-state index in [9.17, 15) is 0 Å². The Morgan fingerprint density at radius 3 is 0.583 bits per heavy atom. The second-order valence-corrected chi connectivity index (χ2v) is 3.71. The fraction of sp³-hybridized carbons (Fsp3) is 0.800. The molecule has 0 saturated heterocycles. The number of hydrogen-bond acceptors (Lipinski definition) is 0. The Kier molecular flexibility index (Phi) is 361. The molecule has 0 aliphatic rings. The average molecular weight is 597 g/mol. The molecular weight excluding hydrogens is 547 g/mol. The molecule has 0 aliphatic carbocycles. The molecule has 0 aromatic heterocycles. The maximum atomic E-state index is 3.49. The van der Waals surface area contributed by atoms with Crippen LogP contribution >= 0.6 is 0 Å². The average Bonchev–Trinajstić information content (AvgIpc) is 2.36. The smallest absolute Gasteiger partial charge is 0 e. The molecule has 0 fully saturated rings. The van der Waals surface area contributed by atoms with Crippen molar-refractivity contribution < 1.29 is 136 Å². The van der Waals surface area contributed by atoms with Crippen LogP contribution in [0.15, 0.2) is 0 Å². The molecule has 4 heteroatoms. The summed E-state index contributed by atoms with van der Waals surface area (Å²) < 4.78 is 0. The van der Waals surface area contributed by atoms with Crippen molar-refractivity contribution in [1.29, 1.82) is 0 Å². The van der Waals surface area contributed by atoms with E-state index in [2.05, 4.69) is 41.5 Å². The summed E-state index contributed by atoms with van der Waals surface area (Å²) in [6, 6.07) is 0. The summed E-state index contributed by atoms with van der Waals surface area (Å²) in [6.45, 7) is 23.8. The molecule has 24 heavy (non-hydrogen) atoms. The van der Waals surface area contributed by atoms with Gasteiger partial charge in [0.1, 0.15) is 0 Å². The van der Waals surface area contributed by atoms with E-state index < -0.39 is 0 Å². The fourth-order valence-electron chi connectivity index (χ4n) is 0.707. The summed E-state index contributed by atoms with van der Waals surface area (Å²) in [5, 5.41) is 0. The van der Waals surface area contributed by atoms with Gasteiger partial charge in [-0.15, -0.1) is 0 Å². The zero-order valence-corrected chi connectivity index (χ0v) is 28.4. The minimum Gasteiger partial charge on any atom is -0.358 e. The van der Waals surface area contributed by atoms with Gasteiger partial charge in [-0.25, -0.2) is 0 Å². The summed E-state index contributed by atoms with van der Waals surface area (Å²) in [5.74, 6) is 0. The van der Waals surface area contributed by atoms with E-state index in [1.165, 1.54) is 38.5 Å². The Morgan fingerprint density at radius 1 is 0.500 bits per heavy atom. The molecule has 3 radical (unpaired) electrons. The van der Waals surface area contributed by atoms with Crippen LogP contribution in [0.25, 0.3) is 0 Å². The summed E-state index contributed by atoms with van der Waals surface area (Å²) in [7, 11) is 0. The molecule has 0 aromatic rings. The number of unbranched alkanes of at least 4 members (excludes halogenated alkanes) is 4. The zero-order valence-electron chi connectivity index (χ0n) is 19.2. The van der Waals surface area contributed by atoms with Crippen LogP contribution in [0.1, 0.15) is 107 Å². The van der Waals surface area contributed by atoms with Gasteiger partial charge in [0.2, 0.25) is 0 Å². The molecule has 0 aliphatic heterocycles. The molecule has 151 valence electrons. The second kappa shape index (κ2) is 123. The minimum atomic E-state index is 0. The molecule has 0 unspecified atom stereocenters. The topological polar surface area (TPSA) is 0 Å². The van der Waals surface area contributed by atoms with Crippen LogP contribution in [0.3, 0.4) is 0 Å². The summed E-state index contributed by atoms with van der Waals surface area (Å²) >= 11 is 0. The molecule has 0 N–H and O–H groups in total. The van der Waals surface area contributed by atoms with Gasteiger partial charge in [-0.2, -0.15) is 12.8 Å². The normalized spacial score (nSPS) is 5.25. The van der Waals surface area contributed by atoms with Crippen LogP contribution in [0.2, 0.25) is 0 Å². The molecule has 0 spiro atoms. The van der Waals surface area contributed by atoms with Gasteiger partial charge in [0.05, 0.1) is 0 Å². The third kappa shape index (κ3) is 236. The largest absolute Gasteiger partial charge is 0.358 e. The first kappa shape index (κ1) is 70.3. The van der Waals surface area contributed by atoms with Crippen molar-refractivity contribution in [2.24, 2.45) is 0 Å². The Labute approximate surface area is 266 Å². The maximum absolute atomic E-state index is 3.49. The van der Waals surface area contributed by atoms with E-state index in [1.807, 2.05) is 27.7 Å². The maximum Gasteiger partial charge on any atom is 0 e. The Balaban J connectivity index is -0.00000000949. The second-order valence-electron chi connectivity index (χ2n) is 3.71. The van der Waals surface area contributed by atoms with E-state index in [0.29, 0.717) is 0 Å². The molecule has 0 saturated carbocycles. The van der Waals surface area contributed by atoms with Crippen molar-refractivity contribution in [3.8, 4) is 0 Å². The van der Waals surface area contributed by atoms with E-state index >= 15 is 0 Å². The molecule has 0 heterocycles. The van der Waals surface area contributed by atoms with Crippen LogP contribution in [0.4, 0.5) is 0 Å². The quantitative estimate of drug-likeness (QED) is 0.285. The Morgan fingerprint density at radius 2 is 0.583 bits per heavy atom. The van der Waals surface area contributed by atoms with Gasteiger partial charge in [0.15, 0.2) is 0 Å². The van der Waals surface area contributed by atoms with Crippen molar-refractivity contribution in [1.82, 2.24) is 0 Å². The predicted molar refractivity (Wildman–Crippen MR) is 106 cm³/mol. The standard InChI is InChI=1S/2C5H12.2C3H7.C2H6.2CH3.Ar.3Y/c2*1-3-5-4-2;2*1-3-2;1-2;;;;;;/h2*3-5H2,1-2H3;2*1,3H2,2H3;1-2H3;2*1H3;;;;/q;;2*-1;;2*-1;;;;. The first-order valence-electron chi connectivity index (χ1n) is 8.24. The molecule has 0 bridgehead atoms. The SMILES string of the molecule is CC.CCCCC.CCCCC.[Ar].[CH2-]CC.[CH2-]CC.[CH3-].[CH3-].[Y].[Y].[Y]. The summed E-state index contributed by atoms with van der Waals surface area (Å²) in [6.07, 6.45) is 10.2. The number of hydrogen-bond donors (Lipinski definition) is 0. The van der Waals surface area contributed by atoms with Gasteiger partial charge in [-0.05, 0) is 0 Å². The van der Waals surface area contributed by atoms with Gasteiger partial charge < -0.3 is 28.7 Å². The molecule has 0 nitrogen and oxygen atoms in total. The zero-order chi connectivity index (χ0) is 15.7. The molecule has 0 amide bonds. The van der Waals surface area contributed by atoms with Gasteiger partial charge in [0.25, 0.3) is 0 Å². The van der Waals surface area contributed by atoms with Gasteiger partial charge in [-0.3, -0.25) is 0 Å². The Bertz CT molecular complexity index is 54.8. The van der Waals surface area contributed by atoms with Crippen molar-refractivity contribution in [2.75, 3.05) is 0 Å². The third-order valence-corrected chi connectivity index (χ3v) is 1.41. The monoisotopic (exact) mass is 597 g/mol. The molecule has 0 aromatic carbocycles. The van der Waals surface area contributed by atoms with Gasteiger partial charge in [0, 0.05) is 136 Å². The van der Waals surface area contributed by atoms with Crippen LogP contribution in [-0.2, 0) is 98.1 Å². The first-order chi connectivity index (χ1) is 8.66. The molecular formula is C20H50ArY3-4. The minimum absolute atomic E-state index is 0. The molecule has 0 rings (SSSR count). The van der Waals surface area contributed by atoms with Crippen molar-refractivity contribution >= 4 is 0 Å². The van der Waals surface area contributed by atoms with Crippen LogP contribution < -0.4 is 0 Å². The molecule has 0 atom stereocenters. The fourth-order valence-corrected chi connectivity index (χ4v) is 0.707. The van der Waals surface area contributed by atoms with Crippen molar-refractivity contribution in [2.45, 2.75) is 107 Å². The van der Waals surface area contributed by atoms with Crippen molar-refractivity contribution in [3.05, 3.63) is 28.7 Å². The van der Waals surface area contributed by atoms with E-state index in [0.717, 1.165) is 12.8 Å². The van der Waals surface area contributed by atoms with E-state index in [4.69, 9.17) is 0 Å². The van der Waals surface area contributed by atoms with Gasteiger partial charge in [-0.1, -0.05) is 93.9 Å². The van der Waals surface area contributed by atoms with Crippen LogP contribution in [-0.4, -0.2) is 0 Å². The number of rotatable bonds is 4. The van der Waals surface area contributed by atoms with Crippen LogP contribution in [0.5, 0.6) is 0 Å². The first-order valence-corrected chi connectivity index (χ1v) is 8.24. The van der Waals surface area contributed by atoms with E-state index in [-0.39, 0.29) is 151 Å². The third-order valence-electron chi connectivity index (χ3n) is 1.41. The summed E-state index contributed by atoms with van der Waals surface area (Å²) in [5.41, 5.74) is 0. The van der Waals surface area contributed by atoms with Crippen LogP contribution in [0, 0.1) is 66.4 Å². The van der Waals surface area contributed by atoms with Crippen molar-refractivity contribution in [3.63, 3.8) is 0 Å². The van der Waals surface area contributed by atoms with Gasteiger partial charge >= 0.3 is 0 Å².